The Hall–Kier alpha value is -3.35. The molecule has 3 aliphatic rings. The van der Waals surface area contributed by atoms with Crippen LogP contribution in [-0.4, -0.2) is 52.7 Å². The zero-order valence-electron chi connectivity index (χ0n) is 19.3. The van der Waals surface area contributed by atoms with E-state index in [0.717, 1.165) is 35.1 Å². The van der Waals surface area contributed by atoms with Gasteiger partial charge in [0.1, 0.15) is 18.2 Å². The summed E-state index contributed by atoms with van der Waals surface area (Å²) < 4.78 is 5.65. The molecule has 2 aromatic rings. The van der Waals surface area contributed by atoms with Crippen LogP contribution in [0.4, 0.5) is 4.79 Å². The topological polar surface area (TPSA) is 95.9 Å². The summed E-state index contributed by atoms with van der Waals surface area (Å²) in [6.07, 6.45) is 2.95. The Morgan fingerprint density at radius 1 is 1.09 bits per heavy atom. The fraction of sp³-hybridized carbons (Fsp3) is 0.444. The molecule has 2 N–H and O–H groups in total. The molecular formula is C27H30N2O5. The highest BCUT2D eigenvalue weighted by Gasteiger charge is 2.48. The minimum absolute atomic E-state index is 0.0652. The first-order valence-electron chi connectivity index (χ1n) is 12.0. The molecule has 1 saturated carbocycles. The molecule has 34 heavy (non-hydrogen) atoms. The summed E-state index contributed by atoms with van der Waals surface area (Å²) in [4.78, 5) is 39.5. The number of nitrogens with one attached hydrogen (secondary N) is 1. The number of carboxylic acid groups (broad SMARTS) is 1. The van der Waals surface area contributed by atoms with Gasteiger partial charge in [-0.25, -0.2) is 9.59 Å². The Bertz CT molecular complexity index is 1080. The molecule has 0 aromatic heterocycles. The van der Waals surface area contributed by atoms with Crippen molar-refractivity contribution in [3.8, 4) is 11.1 Å². The first kappa shape index (κ1) is 22.4. The van der Waals surface area contributed by atoms with Crippen molar-refractivity contribution in [1.82, 2.24) is 10.2 Å². The van der Waals surface area contributed by atoms with Crippen LogP contribution in [0, 0.1) is 5.92 Å². The fourth-order valence-electron chi connectivity index (χ4n) is 5.42. The van der Waals surface area contributed by atoms with Gasteiger partial charge in [0.25, 0.3) is 0 Å². The number of likely N-dealkylation sites (tertiary alicyclic amines) is 1. The zero-order chi connectivity index (χ0) is 23.9. The standard InChI is InChI=1S/C27H30N2O5/c1-27(25(31)32)13-6-14-29(27)24(30)23(15-17-11-12-17)28-26(33)34-16-22-20-9-4-2-7-18(20)19-8-3-5-10-21(19)22/h2-5,7-10,17,22-23H,6,11-16H2,1H3,(H,28,33)(H,31,32)/t23?,27-/m1/s1. The predicted octanol–water partition coefficient (Wildman–Crippen LogP) is 4.16. The Balaban J connectivity index is 1.28. The summed E-state index contributed by atoms with van der Waals surface area (Å²) in [6, 6.07) is 15.5. The van der Waals surface area contributed by atoms with Gasteiger partial charge in [0.05, 0.1) is 0 Å². The van der Waals surface area contributed by atoms with Crippen LogP contribution < -0.4 is 5.32 Å². The van der Waals surface area contributed by atoms with Gasteiger partial charge in [-0.2, -0.15) is 0 Å². The van der Waals surface area contributed by atoms with Crippen LogP contribution in [-0.2, 0) is 14.3 Å². The number of nitrogens with zero attached hydrogens (tertiary/aromatic N) is 1. The van der Waals surface area contributed by atoms with Crippen molar-refractivity contribution >= 4 is 18.0 Å². The summed E-state index contributed by atoms with van der Waals surface area (Å²) in [5.41, 5.74) is 3.31. The number of fused-ring (bicyclic) bond motifs is 3. The van der Waals surface area contributed by atoms with Crippen LogP contribution in [0.15, 0.2) is 48.5 Å². The molecule has 2 amide bonds. The van der Waals surface area contributed by atoms with Crippen molar-refractivity contribution < 1.29 is 24.2 Å². The van der Waals surface area contributed by atoms with Gasteiger partial charge in [-0.05, 0) is 54.4 Å². The molecule has 1 saturated heterocycles. The first-order valence-corrected chi connectivity index (χ1v) is 12.0. The fourth-order valence-corrected chi connectivity index (χ4v) is 5.42. The van der Waals surface area contributed by atoms with Crippen molar-refractivity contribution in [3.05, 3.63) is 59.7 Å². The van der Waals surface area contributed by atoms with E-state index in [4.69, 9.17) is 4.74 Å². The number of hydrogen-bond donors (Lipinski definition) is 2. The zero-order valence-corrected chi connectivity index (χ0v) is 19.3. The SMILES string of the molecule is C[C@]1(C(=O)O)CCCN1C(=O)C(CC1CC1)NC(=O)OCC1c2ccccc2-c2ccccc21. The number of aliphatic carboxylic acids is 1. The summed E-state index contributed by atoms with van der Waals surface area (Å²) in [6.45, 7) is 2.14. The van der Waals surface area contributed by atoms with Crippen LogP contribution in [0.3, 0.4) is 0 Å². The summed E-state index contributed by atoms with van der Waals surface area (Å²) >= 11 is 0. The van der Waals surface area contributed by atoms with E-state index in [0.29, 0.717) is 31.7 Å². The van der Waals surface area contributed by atoms with Gasteiger partial charge in [-0.15, -0.1) is 0 Å². The lowest BCUT2D eigenvalue weighted by molar-refractivity contribution is -0.156. The number of rotatable bonds is 7. The molecule has 2 aliphatic carbocycles. The maximum absolute atomic E-state index is 13.3. The van der Waals surface area contributed by atoms with Crippen molar-refractivity contribution in [3.63, 3.8) is 0 Å². The smallest absolute Gasteiger partial charge is 0.407 e. The minimum atomic E-state index is -1.23. The van der Waals surface area contributed by atoms with Gasteiger partial charge in [-0.3, -0.25) is 4.79 Å². The highest BCUT2D eigenvalue weighted by Crippen LogP contribution is 2.44. The molecule has 0 radical (unpaired) electrons. The molecule has 1 aliphatic heterocycles. The molecule has 1 heterocycles. The number of carbonyl (C=O) groups is 3. The Morgan fingerprint density at radius 3 is 2.29 bits per heavy atom. The van der Waals surface area contributed by atoms with Gasteiger partial charge in [0.2, 0.25) is 5.91 Å². The third-order valence-electron chi connectivity index (χ3n) is 7.57. The number of carboxylic acids is 1. The molecule has 1 unspecified atom stereocenters. The number of alkyl carbamates (subject to hydrolysis) is 1. The van der Waals surface area contributed by atoms with Crippen molar-refractivity contribution in [2.45, 2.75) is 56.5 Å². The van der Waals surface area contributed by atoms with E-state index in [1.165, 1.54) is 4.90 Å². The predicted molar refractivity (Wildman–Crippen MR) is 126 cm³/mol. The molecule has 0 bridgehead atoms. The van der Waals surface area contributed by atoms with Gasteiger partial charge < -0.3 is 20.1 Å². The third-order valence-corrected chi connectivity index (χ3v) is 7.57. The average molecular weight is 463 g/mol. The number of benzene rings is 2. The van der Waals surface area contributed by atoms with E-state index in [2.05, 4.69) is 29.6 Å². The van der Waals surface area contributed by atoms with Crippen LogP contribution in [0.2, 0.25) is 0 Å². The van der Waals surface area contributed by atoms with E-state index >= 15 is 0 Å². The second-order valence-corrected chi connectivity index (χ2v) is 9.87. The largest absolute Gasteiger partial charge is 0.480 e. The monoisotopic (exact) mass is 462 g/mol. The lowest BCUT2D eigenvalue weighted by Crippen LogP contribution is -2.57. The second-order valence-electron chi connectivity index (χ2n) is 9.87. The quantitative estimate of drug-likeness (QED) is 0.644. The highest BCUT2D eigenvalue weighted by atomic mass is 16.5. The first-order chi connectivity index (χ1) is 16.4. The van der Waals surface area contributed by atoms with E-state index in [9.17, 15) is 19.5 Å². The molecule has 7 heteroatoms. The van der Waals surface area contributed by atoms with Crippen molar-refractivity contribution in [1.29, 1.82) is 0 Å². The lowest BCUT2D eigenvalue weighted by Gasteiger charge is -2.34. The molecule has 2 aromatic carbocycles. The highest BCUT2D eigenvalue weighted by molar-refractivity contribution is 5.91. The van der Waals surface area contributed by atoms with Gasteiger partial charge in [-0.1, -0.05) is 61.4 Å². The average Bonchev–Trinajstić information content (AvgIpc) is 3.47. The number of hydrogen-bond acceptors (Lipinski definition) is 4. The van der Waals surface area contributed by atoms with E-state index in [1.807, 2.05) is 24.3 Å². The van der Waals surface area contributed by atoms with Gasteiger partial charge in [0, 0.05) is 12.5 Å². The Labute approximate surface area is 199 Å². The molecule has 2 atom stereocenters. The van der Waals surface area contributed by atoms with Gasteiger partial charge in [0.15, 0.2) is 0 Å². The Morgan fingerprint density at radius 2 is 1.71 bits per heavy atom. The lowest BCUT2D eigenvalue weighted by atomic mass is 9.98. The Kier molecular flexibility index (Phi) is 5.80. The molecule has 0 spiro atoms. The van der Waals surface area contributed by atoms with E-state index in [-0.39, 0.29) is 18.4 Å². The maximum Gasteiger partial charge on any atom is 0.407 e. The van der Waals surface area contributed by atoms with Crippen LogP contribution in [0.5, 0.6) is 0 Å². The maximum atomic E-state index is 13.3. The summed E-state index contributed by atoms with van der Waals surface area (Å²) in [7, 11) is 0. The van der Waals surface area contributed by atoms with Crippen LogP contribution >= 0.6 is 0 Å². The number of carbonyl (C=O) groups excluding carboxylic acids is 2. The van der Waals surface area contributed by atoms with E-state index in [1.54, 1.807) is 6.92 Å². The summed E-state index contributed by atoms with van der Waals surface area (Å²) in [5.74, 6) is -1.03. The van der Waals surface area contributed by atoms with Crippen molar-refractivity contribution in [2.24, 2.45) is 5.92 Å². The normalized spacial score (nSPS) is 22.1. The number of amides is 2. The number of ether oxygens (including phenoxy) is 1. The second kappa shape index (κ2) is 8.78. The third kappa shape index (κ3) is 4.04. The van der Waals surface area contributed by atoms with Crippen molar-refractivity contribution in [2.75, 3.05) is 13.2 Å². The minimum Gasteiger partial charge on any atom is -0.480 e. The summed E-state index contributed by atoms with van der Waals surface area (Å²) in [5, 5.41) is 12.5. The van der Waals surface area contributed by atoms with E-state index < -0.39 is 23.6 Å². The molecule has 178 valence electrons. The van der Waals surface area contributed by atoms with Crippen LogP contribution in [0.25, 0.3) is 11.1 Å². The molecule has 2 fully saturated rings. The molecule has 7 nitrogen and oxygen atoms in total. The van der Waals surface area contributed by atoms with Crippen LogP contribution in [0.1, 0.15) is 56.1 Å². The van der Waals surface area contributed by atoms with Gasteiger partial charge >= 0.3 is 12.1 Å². The molecular weight excluding hydrogens is 432 g/mol. The molecule has 5 rings (SSSR count).